The number of hydrogen-bond acceptors (Lipinski definition) is 4. The zero-order valence-electron chi connectivity index (χ0n) is 10.5. The van der Waals surface area contributed by atoms with Crippen LogP contribution in [0.4, 0.5) is 5.69 Å². The fourth-order valence-corrected chi connectivity index (χ4v) is 3.11. The van der Waals surface area contributed by atoms with E-state index in [4.69, 9.17) is 4.42 Å². The first-order valence-corrected chi connectivity index (χ1v) is 6.70. The number of benzene rings is 1. The van der Waals surface area contributed by atoms with Gasteiger partial charge >= 0.3 is 0 Å². The zero-order valence-corrected chi connectivity index (χ0v) is 10.5. The maximum Gasteiger partial charge on any atom is 0.247 e. The summed E-state index contributed by atoms with van der Waals surface area (Å²) in [4.78, 5) is 0. The second kappa shape index (κ2) is 4.23. The average molecular weight is 253 g/mol. The Labute approximate surface area is 111 Å². The number of nitrogens with zero attached hydrogens (tertiary/aromatic N) is 2. The molecule has 1 heterocycles. The average Bonchev–Trinajstić information content (AvgIpc) is 3.06. The monoisotopic (exact) mass is 253 g/mol. The van der Waals surface area contributed by atoms with E-state index in [9.17, 15) is 0 Å². The van der Waals surface area contributed by atoms with E-state index in [2.05, 4.69) is 39.8 Å². The second-order valence-corrected chi connectivity index (χ2v) is 5.31. The maximum atomic E-state index is 5.18. The van der Waals surface area contributed by atoms with Gasteiger partial charge in [0.25, 0.3) is 0 Å². The van der Waals surface area contributed by atoms with Gasteiger partial charge in [0, 0.05) is 23.2 Å². The van der Waals surface area contributed by atoms with Crippen LogP contribution in [0.25, 0.3) is 11.5 Å². The van der Waals surface area contributed by atoms with Gasteiger partial charge in [0.1, 0.15) is 0 Å². The highest BCUT2D eigenvalue weighted by atomic mass is 16.4. The third-order valence-corrected chi connectivity index (χ3v) is 4.21. The van der Waals surface area contributed by atoms with Gasteiger partial charge in [-0.15, -0.1) is 10.2 Å². The topological polar surface area (TPSA) is 51.0 Å². The van der Waals surface area contributed by atoms with Crippen molar-refractivity contribution in [1.82, 2.24) is 10.2 Å². The van der Waals surface area contributed by atoms with E-state index < -0.39 is 0 Å². The largest absolute Gasteiger partial charge is 0.423 e. The lowest BCUT2D eigenvalue weighted by Gasteiger charge is -2.41. The summed E-state index contributed by atoms with van der Waals surface area (Å²) in [6, 6.07) is 8.77. The summed E-state index contributed by atoms with van der Waals surface area (Å²) < 4.78 is 5.18. The van der Waals surface area contributed by atoms with E-state index in [1.807, 2.05) is 12.1 Å². The van der Waals surface area contributed by atoms with E-state index in [1.165, 1.54) is 19.2 Å². The Bertz CT molecular complexity index is 588. The summed E-state index contributed by atoms with van der Waals surface area (Å²) in [6.45, 7) is 0. The van der Waals surface area contributed by atoms with Crippen LogP contribution in [0.5, 0.6) is 0 Å². The van der Waals surface area contributed by atoms with Crippen LogP contribution in [0.1, 0.15) is 12.8 Å². The summed E-state index contributed by atoms with van der Waals surface area (Å²) >= 11 is 0. The highest BCUT2D eigenvalue weighted by Gasteiger charge is 2.40. The van der Waals surface area contributed by atoms with Crippen LogP contribution >= 0.6 is 0 Å². The minimum Gasteiger partial charge on any atom is -0.423 e. The lowest BCUT2D eigenvalue weighted by Crippen LogP contribution is -2.43. The van der Waals surface area contributed by atoms with Crippen molar-refractivity contribution in [1.29, 1.82) is 0 Å². The normalized spacial score (nSPS) is 27.9. The molecule has 1 saturated carbocycles. The Morgan fingerprint density at radius 3 is 2.84 bits per heavy atom. The molecule has 3 unspecified atom stereocenters. The van der Waals surface area contributed by atoms with Crippen LogP contribution in [0.2, 0.25) is 0 Å². The van der Waals surface area contributed by atoms with Gasteiger partial charge in [0.15, 0.2) is 0 Å². The smallest absolute Gasteiger partial charge is 0.247 e. The number of anilines is 1. The molecule has 0 radical (unpaired) electrons. The molecule has 2 aromatic rings. The number of hydrogen-bond donors (Lipinski definition) is 1. The predicted octanol–water partition coefficient (Wildman–Crippen LogP) is 3.11. The SMILES string of the molecule is C1=CC2C(C1)CC2Nc1ccc(-c2nnco2)cc1. The van der Waals surface area contributed by atoms with E-state index in [0.717, 1.165) is 23.1 Å². The fourth-order valence-electron chi connectivity index (χ4n) is 3.11. The Morgan fingerprint density at radius 1 is 1.21 bits per heavy atom. The summed E-state index contributed by atoms with van der Waals surface area (Å²) in [5, 5.41) is 11.2. The fraction of sp³-hybridized carbons (Fsp3) is 0.333. The highest BCUT2D eigenvalue weighted by molar-refractivity contribution is 5.58. The lowest BCUT2D eigenvalue weighted by atomic mass is 9.71. The molecule has 1 fully saturated rings. The van der Waals surface area contributed by atoms with Crippen LogP contribution in [0, 0.1) is 11.8 Å². The molecule has 0 saturated heterocycles. The Hall–Kier alpha value is -2.10. The molecule has 96 valence electrons. The highest BCUT2D eigenvalue weighted by Crippen LogP contribution is 2.44. The van der Waals surface area contributed by atoms with Crippen LogP contribution in [0.3, 0.4) is 0 Å². The summed E-state index contributed by atoms with van der Waals surface area (Å²) in [5.41, 5.74) is 2.11. The van der Waals surface area contributed by atoms with Gasteiger partial charge in [-0.25, -0.2) is 0 Å². The van der Waals surface area contributed by atoms with Gasteiger partial charge in [0.05, 0.1) is 0 Å². The molecule has 2 aliphatic carbocycles. The van der Waals surface area contributed by atoms with Crippen molar-refractivity contribution in [2.75, 3.05) is 5.32 Å². The number of rotatable bonds is 3. The van der Waals surface area contributed by atoms with Crippen molar-refractivity contribution < 1.29 is 4.42 Å². The molecule has 3 atom stereocenters. The van der Waals surface area contributed by atoms with Gasteiger partial charge in [-0.2, -0.15) is 0 Å². The summed E-state index contributed by atoms with van der Waals surface area (Å²) in [5.74, 6) is 2.18. The Morgan fingerprint density at radius 2 is 2.11 bits per heavy atom. The van der Waals surface area contributed by atoms with Crippen LogP contribution < -0.4 is 5.32 Å². The van der Waals surface area contributed by atoms with E-state index in [0.29, 0.717) is 11.9 Å². The summed E-state index contributed by atoms with van der Waals surface area (Å²) in [6.07, 6.45) is 8.57. The molecule has 1 N–H and O–H groups in total. The van der Waals surface area contributed by atoms with E-state index in [1.54, 1.807) is 0 Å². The third-order valence-electron chi connectivity index (χ3n) is 4.21. The molecular weight excluding hydrogens is 238 g/mol. The first kappa shape index (κ1) is 10.8. The first-order chi connectivity index (χ1) is 9.40. The number of fused-ring (bicyclic) bond motifs is 1. The van der Waals surface area contributed by atoms with Crippen molar-refractivity contribution in [3.05, 3.63) is 42.8 Å². The van der Waals surface area contributed by atoms with Gasteiger partial charge in [0.2, 0.25) is 12.3 Å². The summed E-state index contributed by atoms with van der Waals surface area (Å²) in [7, 11) is 0. The zero-order chi connectivity index (χ0) is 12.7. The van der Waals surface area contributed by atoms with Gasteiger partial charge in [-0.1, -0.05) is 12.2 Å². The first-order valence-electron chi connectivity index (χ1n) is 6.70. The van der Waals surface area contributed by atoms with E-state index in [-0.39, 0.29) is 0 Å². The third kappa shape index (κ3) is 1.84. The second-order valence-electron chi connectivity index (χ2n) is 5.31. The van der Waals surface area contributed by atoms with Crippen molar-refractivity contribution in [2.45, 2.75) is 18.9 Å². The molecule has 2 aliphatic rings. The van der Waals surface area contributed by atoms with Crippen molar-refractivity contribution >= 4 is 5.69 Å². The molecule has 0 spiro atoms. The van der Waals surface area contributed by atoms with Crippen LogP contribution in [-0.2, 0) is 0 Å². The molecule has 0 amide bonds. The van der Waals surface area contributed by atoms with Gasteiger partial charge < -0.3 is 9.73 Å². The number of aromatic nitrogens is 2. The Kier molecular flexibility index (Phi) is 2.40. The molecule has 0 aliphatic heterocycles. The van der Waals surface area contributed by atoms with Crippen molar-refractivity contribution in [2.24, 2.45) is 11.8 Å². The predicted molar refractivity (Wildman–Crippen MR) is 72.5 cm³/mol. The minimum atomic E-state index is 0.564. The minimum absolute atomic E-state index is 0.564. The van der Waals surface area contributed by atoms with Crippen LogP contribution in [-0.4, -0.2) is 16.2 Å². The number of nitrogens with one attached hydrogen (secondary N) is 1. The molecule has 19 heavy (non-hydrogen) atoms. The quantitative estimate of drug-likeness (QED) is 0.854. The number of allylic oxidation sites excluding steroid dienone is 1. The molecule has 4 heteroatoms. The molecular formula is C15H15N3O. The maximum absolute atomic E-state index is 5.18. The molecule has 4 nitrogen and oxygen atoms in total. The van der Waals surface area contributed by atoms with Crippen LogP contribution in [0.15, 0.2) is 47.2 Å². The molecule has 4 rings (SSSR count). The lowest BCUT2D eigenvalue weighted by molar-refractivity contribution is 0.218. The van der Waals surface area contributed by atoms with Crippen molar-refractivity contribution in [3.63, 3.8) is 0 Å². The van der Waals surface area contributed by atoms with E-state index >= 15 is 0 Å². The molecule has 1 aromatic carbocycles. The molecule has 0 bridgehead atoms. The standard InChI is InChI=1S/C15H15N3O/c1-2-11-8-14(13(11)3-1)17-12-6-4-10(5-7-12)15-18-16-9-19-15/h1,3-7,9,11,13-14,17H,2,8H2. The molecule has 1 aromatic heterocycles. The Balaban J connectivity index is 1.46. The van der Waals surface area contributed by atoms with Crippen molar-refractivity contribution in [3.8, 4) is 11.5 Å². The van der Waals surface area contributed by atoms with Gasteiger partial charge in [-0.05, 0) is 43.0 Å². The van der Waals surface area contributed by atoms with Gasteiger partial charge in [-0.3, -0.25) is 0 Å².